The van der Waals surface area contributed by atoms with E-state index in [0.29, 0.717) is 17.0 Å². The Balaban J connectivity index is 2.08. The van der Waals surface area contributed by atoms with E-state index in [9.17, 15) is 9.59 Å². The summed E-state index contributed by atoms with van der Waals surface area (Å²) in [6.45, 7) is 3.71. The smallest absolute Gasteiger partial charge is 0.308 e. The van der Waals surface area contributed by atoms with Gasteiger partial charge >= 0.3 is 5.97 Å². The number of carbonyl (C=O) groups is 2. The molecule has 0 aliphatic rings. The predicted molar refractivity (Wildman–Crippen MR) is 83.9 cm³/mol. The zero-order valence-corrected chi connectivity index (χ0v) is 13.4. The number of carboxylic acids is 1. The highest BCUT2D eigenvalue weighted by atomic mass is 32.1. The number of amides is 1. The number of thiazole rings is 1. The van der Waals surface area contributed by atoms with Crippen molar-refractivity contribution in [2.75, 3.05) is 6.54 Å². The van der Waals surface area contributed by atoms with Crippen LogP contribution in [0.2, 0.25) is 0 Å². The van der Waals surface area contributed by atoms with E-state index >= 15 is 0 Å². The fourth-order valence-corrected chi connectivity index (χ4v) is 3.59. The predicted octanol–water partition coefficient (Wildman–Crippen LogP) is 3.02. The van der Waals surface area contributed by atoms with Crippen LogP contribution in [0, 0.1) is 12.8 Å². The van der Waals surface area contributed by atoms with Crippen LogP contribution in [0.25, 0.3) is 9.88 Å². The standard InChI is InChI=1S/C14H16N2O3S2/c1-3-9(14(18)19)7-15-12(17)11-8(2)16-13(21-11)10-5-4-6-20-10/h4-6,9H,3,7H2,1-2H3,(H,15,17)(H,18,19). The van der Waals surface area contributed by atoms with Gasteiger partial charge in [0.25, 0.3) is 5.91 Å². The van der Waals surface area contributed by atoms with Gasteiger partial charge in [-0.1, -0.05) is 13.0 Å². The Morgan fingerprint density at radius 2 is 2.24 bits per heavy atom. The summed E-state index contributed by atoms with van der Waals surface area (Å²) < 4.78 is 0. The molecule has 2 N–H and O–H groups in total. The third kappa shape index (κ3) is 3.68. The second-order valence-electron chi connectivity index (χ2n) is 4.56. The van der Waals surface area contributed by atoms with Crippen LogP contribution in [-0.2, 0) is 4.79 Å². The molecule has 0 spiro atoms. The number of aromatic nitrogens is 1. The van der Waals surface area contributed by atoms with Crippen LogP contribution in [0.5, 0.6) is 0 Å². The first-order chi connectivity index (χ1) is 10.0. The maximum atomic E-state index is 12.2. The van der Waals surface area contributed by atoms with E-state index in [1.807, 2.05) is 17.5 Å². The molecule has 0 saturated heterocycles. The zero-order valence-electron chi connectivity index (χ0n) is 11.8. The highest BCUT2D eigenvalue weighted by molar-refractivity contribution is 7.22. The van der Waals surface area contributed by atoms with Gasteiger partial charge in [0.1, 0.15) is 9.88 Å². The highest BCUT2D eigenvalue weighted by Gasteiger charge is 2.20. The van der Waals surface area contributed by atoms with Crippen LogP contribution in [-0.4, -0.2) is 28.5 Å². The van der Waals surface area contributed by atoms with E-state index in [2.05, 4.69) is 10.3 Å². The Kier molecular flexibility index (Phi) is 5.08. The molecule has 2 rings (SSSR count). The second-order valence-corrected chi connectivity index (χ2v) is 6.51. The van der Waals surface area contributed by atoms with Crippen molar-refractivity contribution in [1.29, 1.82) is 0 Å². The van der Waals surface area contributed by atoms with Crippen LogP contribution in [0.1, 0.15) is 28.7 Å². The van der Waals surface area contributed by atoms with Crippen LogP contribution >= 0.6 is 22.7 Å². The van der Waals surface area contributed by atoms with Crippen molar-refractivity contribution in [3.8, 4) is 9.88 Å². The fourth-order valence-electron chi connectivity index (χ4n) is 1.82. The normalized spacial score (nSPS) is 12.1. The first kappa shape index (κ1) is 15.7. The summed E-state index contributed by atoms with van der Waals surface area (Å²) in [6, 6.07) is 3.90. The minimum absolute atomic E-state index is 0.135. The van der Waals surface area contributed by atoms with Crippen molar-refractivity contribution in [3.63, 3.8) is 0 Å². The van der Waals surface area contributed by atoms with Gasteiger partial charge in [-0.3, -0.25) is 9.59 Å². The number of nitrogens with zero attached hydrogens (tertiary/aromatic N) is 1. The molecule has 0 fully saturated rings. The number of nitrogens with one attached hydrogen (secondary N) is 1. The average molecular weight is 324 g/mol. The first-order valence-corrected chi connectivity index (χ1v) is 8.24. The van der Waals surface area contributed by atoms with Gasteiger partial charge in [0.05, 0.1) is 16.5 Å². The lowest BCUT2D eigenvalue weighted by molar-refractivity contribution is -0.141. The minimum atomic E-state index is -0.891. The van der Waals surface area contributed by atoms with Crippen LogP contribution in [0.3, 0.4) is 0 Å². The van der Waals surface area contributed by atoms with Crippen molar-refractivity contribution in [2.24, 2.45) is 5.92 Å². The quantitative estimate of drug-likeness (QED) is 0.856. The summed E-state index contributed by atoms with van der Waals surface area (Å²) in [5.74, 6) is -1.70. The van der Waals surface area contributed by atoms with Gasteiger partial charge in [0.2, 0.25) is 0 Å². The molecule has 1 amide bonds. The maximum Gasteiger partial charge on any atom is 0.308 e. The van der Waals surface area contributed by atoms with Crippen LogP contribution in [0.15, 0.2) is 17.5 Å². The molecule has 2 aromatic rings. The molecule has 21 heavy (non-hydrogen) atoms. The summed E-state index contributed by atoms with van der Waals surface area (Å²) in [4.78, 5) is 29.1. The van der Waals surface area contributed by atoms with Gasteiger partial charge < -0.3 is 10.4 Å². The fraction of sp³-hybridized carbons (Fsp3) is 0.357. The first-order valence-electron chi connectivity index (χ1n) is 6.55. The van der Waals surface area contributed by atoms with Gasteiger partial charge in [-0.25, -0.2) is 4.98 Å². The molecule has 0 aliphatic carbocycles. The molecular formula is C14H16N2O3S2. The molecule has 2 aromatic heterocycles. The number of hydrogen-bond donors (Lipinski definition) is 2. The lowest BCUT2D eigenvalue weighted by Gasteiger charge is -2.10. The maximum absolute atomic E-state index is 12.2. The SMILES string of the molecule is CCC(CNC(=O)c1sc(-c2cccs2)nc1C)C(=O)O. The molecule has 0 bridgehead atoms. The monoisotopic (exact) mass is 324 g/mol. The molecule has 112 valence electrons. The van der Waals surface area contributed by atoms with Crippen molar-refractivity contribution in [2.45, 2.75) is 20.3 Å². The third-order valence-electron chi connectivity index (χ3n) is 3.09. The molecule has 0 saturated carbocycles. The summed E-state index contributed by atoms with van der Waals surface area (Å²) in [7, 11) is 0. The minimum Gasteiger partial charge on any atom is -0.481 e. The number of carboxylic acid groups (broad SMARTS) is 1. The molecule has 2 heterocycles. The van der Waals surface area contributed by atoms with E-state index in [1.54, 1.807) is 25.2 Å². The summed E-state index contributed by atoms with van der Waals surface area (Å²) >= 11 is 2.91. The van der Waals surface area contributed by atoms with Crippen molar-refractivity contribution in [1.82, 2.24) is 10.3 Å². The number of aliphatic carboxylic acids is 1. The van der Waals surface area contributed by atoms with E-state index in [0.717, 1.165) is 9.88 Å². The second kappa shape index (κ2) is 6.82. The number of aryl methyl sites for hydroxylation is 1. The highest BCUT2D eigenvalue weighted by Crippen LogP contribution is 2.30. The van der Waals surface area contributed by atoms with Gasteiger partial charge in [0, 0.05) is 6.54 Å². The number of hydrogen-bond acceptors (Lipinski definition) is 5. The number of rotatable bonds is 6. The van der Waals surface area contributed by atoms with Crippen LogP contribution < -0.4 is 5.32 Å². The van der Waals surface area contributed by atoms with Crippen molar-refractivity contribution < 1.29 is 14.7 Å². The van der Waals surface area contributed by atoms with Gasteiger partial charge in [-0.2, -0.15) is 0 Å². The molecule has 0 aliphatic heterocycles. The molecular weight excluding hydrogens is 308 g/mol. The lowest BCUT2D eigenvalue weighted by atomic mass is 10.1. The largest absolute Gasteiger partial charge is 0.481 e. The Bertz CT molecular complexity index is 635. The Morgan fingerprint density at radius 1 is 1.48 bits per heavy atom. The Labute approximate surface area is 130 Å². The Hall–Kier alpha value is -1.73. The molecule has 7 heteroatoms. The third-order valence-corrected chi connectivity index (χ3v) is 5.28. The van der Waals surface area contributed by atoms with E-state index in [-0.39, 0.29) is 12.5 Å². The lowest BCUT2D eigenvalue weighted by Crippen LogP contribution is -2.32. The van der Waals surface area contributed by atoms with Crippen molar-refractivity contribution >= 4 is 34.6 Å². The van der Waals surface area contributed by atoms with Gasteiger partial charge in [-0.15, -0.1) is 22.7 Å². The topological polar surface area (TPSA) is 79.3 Å². The molecule has 0 radical (unpaired) electrons. The molecule has 5 nitrogen and oxygen atoms in total. The summed E-state index contributed by atoms with van der Waals surface area (Å²) in [6.07, 6.45) is 0.484. The summed E-state index contributed by atoms with van der Waals surface area (Å²) in [5, 5.41) is 14.4. The van der Waals surface area contributed by atoms with E-state index < -0.39 is 11.9 Å². The Morgan fingerprint density at radius 3 is 2.81 bits per heavy atom. The zero-order chi connectivity index (χ0) is 15.4. The van der Waals surface area contributed by atoms with Gasteiger partial charge in [-0.05, 0) is 24.8 Å². The number of thiophene rings is 1. The number of carbonyl (C=O) groups excluding carboxylic acids is 1. The molecule has 0 aromatic carbocycles. The van der Waals surface area contributed by atoms with Crippen LogP contribution in [0.4, 0.5) is 0 Å². The van der Waals surface area contributed by atoms with E-state index in [4.69, 9.17) is 5.11 Å². The summed E-state index contributed by atoms with van der Waals surface area (Å²) in [5.41, 5.74) is 0.671. The van der Waals surface area contributed by atoms with E-state index in [1.165, 1.54) is 11.3 Å². The molecule has 1 atom stereocenters. The van der Waals surface area contributed by atoms with Crippen molar-refractivity contribution in [3.05, 3.63) is 28.1 Å². The van der Waals surface area contributed by atoms with Gasteiger partial charge in [0.15, 0.2) is 0 Å². The molecule has 1 unspecified atom stereocenters. The average Bonchev–Trinajstić information content (AvgIpc) is 3.07.